The zero-order chi connectivity index (χ0) is 16.4. The highest BCUT2D eigenvalue weighted by Crippen LogP contribution is 2.30. The predicted octanol–water partition coefficient (Wildman–Crippen LogP) is 3.77. The van der Waals surface area contributed by atoms with Gasteiger partial charge in [-0.25, -0.2) is 4.79 Å². The van der Waals surface area contributed by atoms with Crippen molar-refractivity contribution in [2.75, 3.05) is 19.7 Å². The third kappa shape index (κ3) is 3.58. The Labute approximate surface area is 139 Å². The third-order valence-corrected chi connectivity index (χ3v) is 4.39. The van der Waals surface area contributed by atoms with E-state index in [0.717, 1.165) is 12.1 Å². The lowest BCUT2D eigenvalue weighted by atomic mass is 10.1. The van der Waals surface area contributed by atoms with Gasteiger partial charge in [-0.15, -0.1) is 0 Å². The lowest BCUT2D eigenvalue weighted by molar-refractivity contribution is -0.0457. The third-order valence-electron chi connectivity index (χ3n) is 4.14. The van der Waals surface area contributed by atoms with Gasteiger partial charge >= 0.3 is 5.97 Å². The molecule has 0 amide bonds. The Bertz CT molecular complexity index is 682. The minimum absolute atomic E-state index is 0.0122. The molecule has 0 bridgehead atoms. The molecular weight excluding hydrogens is 318 g/mol. The molecule has 2 heterocycles. The van der Waals surface area contributed by atoms with Crippen molar-refractivity contribution < 1.29 is 19.1 Å². The second-order valence-electron chi connectivity index (χ2n) is 5.59. The normalized spacial score (nSPS) is 20.3. The number of nitrogens with zero attached hydrogens (tertiary/aromatic N) is 1. The fraction of sp³-hybridized carbons (Fsp3) is 0.353. The minimum atomic E-state index is -1.05. The van der Waals surface area contributed by atoms with Crippen molar-refractivity contribution in [2.24, 2.45) is 0 Å². The van der Waals surface area contributed by atoms with Gasteiger partial charge in [0.1, 0.15) is 5.76 Å². The molecule has 1 aliphatic rings. The SMILES string of the molecule is CC(c1ccc(C(=O)O)o1)N1CCO[C@H](c2ccc(Cl)cc2)C1. The highest BCUT2D eigenvalue weighted by molar-refractivity contribution is 6.30. The summed E-state index contributed by atoms with van der Waals surface area (Å²) < 4.78 is 11.3. The summed E-state index contributed by atoms with van der Waals surface area (Å²) in [6, 6.07) is 10.9. The molecule has 5 nitrogen and oxygen atoms in total. The molecule has 0 spiro atoms. The molecule has 1 aromatic carbocycles. The molecule has 1 aliphatic heterocycles. The van der Waals surface area contributed by atoms with Crippen LogP contribution < -0.4 is 0 Å². The molecule has 6 heteroatoms. The summed E-state index contributed by atoms with van der Waals surface area (Å²) in [6.07, 6.45) is -0.0302. The first-order valence-electron chi connectivity index (χ1n) is 7.48. The molecule has 122 valence electrons. The Kier molecular flexibility index (Phi) is 4.71. The maximum atomic E-state index is 10.9. The molecule has 1 saturated heterocycles. The van der Waals surface area contributed by atoms with Crippen LogP contribution in [0.3, 0.4) is 0 Å². The van der Waals surface area contributed by atoms with Crippen molar-refractivity contribution in [1.29, 1.82) is 0 Å². The van der Waals surface area contributed by atoms with Gasteiger partial charge in [-0.3, -0.25) is 4.90 Å². The maximum Gasteiger partial charge on any atom is 0.371 e. The van der Waals surface area contributed by atoms with E-state index in [1.165, 1.54) is 6.07 Å². The lowest BCUT2D eigenvalue weighted by Crippen LogP contribution is -2.39. The number of ether oxygens (including phenoxy) is 1. The highest BCUT2D eigenvalue weighted by atomic mass is 35.5. The van der Waals surface area contributed by atoms with Crippen LogP contribution in [0.5, 0.6) is 0 Å². The van der Waals surface area contributed by atoms with E-state index in [4.69, 9.17) is 25.9 Å². The molecule has 2 atom stereocenters. The van der Waals surface area contributed by atoms with Gasteiger partial charge in [0.05, 0.1) is 18.8 Å². The van der Waals surface area contributed by atoms with Crippen molar-refractivity contribution in [3.05, 3.63) is 58.5 Å². The Morgan fingerprint density at radius 3 is 2.70 bits per heavy atom. The van der Waals surface area contributed by atoms with E-state index in [2.05, 4.69) is 4.90 Å². The number of rotatable bonds is 4. The van der Waals surface area contributed by atoms with Crippen molar-refractivity contribution in [3.63, 3.8) is 0 Å². The molecule has 0 aliphatic carbocycles. The molecule has 0 saturated carbocycles. The maximum absolute atomic E-state index is 10.9. The van der Waals surface area contributed by atoms with E-state index in [1.54, 1.807) is 6.07 Å². The van der Waals surface area contributed by atoms with Crippen LogP contribution in [-0.2, 0) is 4.74 Å². The quantitative estimate of drug-likeness (QED) is 0.921. The number of furan rings is 1. The lowest BCUT2D eigenvalue weighted by Gasteiger charge is -2.36. The second-order valence-corrected chi connectivity index (χ2v) is 6.03. The number of carboxylic acid groups (broad SMARTS) is 1. The van der Waals surface area contributed by atoms with Crippen LogP contribution in [0.2, 0.25) is 5.02 Å². The monoisotopic (exact) mass is 335 g/mol. The molecule has 1 N–H and O–H groups in total. The van der Waals surface area contributed by atoms with E-state index in [9.17, 15) is 4.79 Å². The minimum Gasteiger partial charge on any atom is -0.475 e. The van der Waals surface area contributed by atoms with Crippen LogP contribution in [-0.4, -0.2) is 35.7 Å². The number of carbonyl (C=O) groups is 1. The van der Waals surface area contributed by atoms with Crippen molar-refractivity contribution in [3.8, 4) is 0 Å². The zero-order valence-corrected chi connectivity index (χ0v) is 13.5. The largest absolute Gasteiger partial charge is 0.475 e. The van der Waals surface area contributed by atoms with Gasteiger partial charge in [0.2, 0.25) is 5.76 Å². The van der Waals surface area contributed by atoms with Crippen molar-refractivity contribution in [2.45, 2.75) is 19.1 Å². The van der Waals surface area contributed by atoms with Gasteiger partial charge < -0.3 is 14.3 Å². The molecule has 0 radical (unpaired) electrons. The Morgan fingerprint density at radius 2 is 2.04 bits per heavy atom. The van der Waals surface area contributed by atoms with Gasteiger partial charge in [0.25, 0.3) is 0 Å². The van der Waals surface area contributed by atoms with Gasteiger partial charge in [-0.05, 0) is 36.8 Å². The Hall–Kier alpha value is -1.82. The summed E-state index contributed by atoms with van der Waals surface area (Å²) in [5, 5.41) is 9.67. The first kappa shape index (κ1) is 16.1. The molecule has 2 aromatic rings. The van der Waals surface area contributed by atoms with Crippen LogP contribution in [0.4, 0.5) is 0 Å². The van der Waals surface area contributed by atoms with Crippen LogP contribution in [0, 0.1) is 0 Å². The van der Waals surface area contributed by atoms with Gasteiger partial charge in [-0.2, -0.15) is 0 Å². The summed E-state index contributed by atoms with van der Waals surface area (Å²) in [6.45, 7) is 4.11. The average Bonchev–Trinajstić information content (AvgIpc) is 3.05. The first-order chi connectivity index (χ1) is 11.0. The number of morpholine rings is 1. The van der Waals surface area contributed by atoms with E-state index in [0.29, 0.717) is 23.9 Å². The Balaban J connectivity index is 1.72. The van der Waals surface area contributed by atoms with Gasteiger partial charge in [0, 0.05) is 18.1 Å². The highest BCUT2D eigenvalue weighted by Gasteiger charge is 2.27. The van der Waals surface area contributed by atoms with Gasteiger partial charge in [-0.1, -0.05) is 23.7 Å². The summed E-state index contributed by atoms with van der Waals surface area (Å²) in [5.74, 6) is -0.432. The predicted molar refractivity (Wildman–Crippen MR) is 85.8 cm³/mol. The summed E-state index contributed by atoms with van der Waals surface area (Å²) in [5.41, 5.74) is 1.08. The first-order valence-corrected chi connectivity index (χ1v) is 7.86. The number of hydrogen-bond donors (Lipinski definition) is 1. The topological polar surface area (TPSA) is 62.9 Å². The average molecular weight is 336 g/mol. The summed E-state index contributed by atoms with van der Waals surface area (Å²) >= 11 is 5.93. The Morgan fingerprint density at radius 1 is 1.30 bits per heavy atom. The number of carboxylic acids is 1. The molecule has 1 fully saturated rings. The van der Waals surface area contributed by atoms with Crippen LogP contribution in [0.15, 0.2) is 40.8 Å². The fourth-order valence-electron chi connectivity index (χ4n) is 2.77. The fourth-order valence-corrected chi connectivity index (χ4v) is 2.90. The summed E-state index contributed by atoms with van der Waals surface area (Å²) in [7, 11) is 0. The standard InChI is InChI=1S/C17H18ClNO4/c1-11(14-6-7-15(23-14)17(20)21)19-8-9-22-16(10-19)12-2-4-13(18)5-3-12/h2-7,11,16H,8-10H2,1H3,(H,20,21)/t11?,16-/m0/s1. The number of halogens is 1. The smallest absolute Gasteiger partial charge is 0.371 e. The second kappa shape index (κ2) is 6.74. The number of hydrogen-bond acceptors (Lipinski definition) is 4. The van der Waals surface area contributed by atoms with Crippen LogP contribution in [0.25, 0.3) is 0 Å². The van der Waals surface area contributed by atoms with Crippen LogP contribution >= 0.6 is 11.6 Å². The van der Waals surface area contributed by atoms with E-state index in [-0.39, 0.29) is 17.9 Å². The van der Waals surface area contributed by atoms with Crippen molar-refractivity contribution in [1.82, 2.24) is 4.90 Å². The molecule has 23 heavy (non-hydrogen) atoms. The van der Waals surface area contributed by atoms with Crippen LogP contribution in [0.1, 0.15) is 40.9 Å². The van der Waals surface area contributed by atoms with Crippen molar-refractivity contribution >= 4 is 17.6 Å². The zero-order valence-electron chi connectivity index (χ0n) is 12.7. The van der Waals surface area contributed by atoms with E-state index >= 15 is 0 Å². The molecular formula is C17H18ClNO4. The molecule has 1 aromatic heterocycles. The van der Waals surface area contributed by atoms with Gasteiger partial charge in [0.15, 0.2) is 0 Å². The summed E-state index contributed by atoms with van der Waals surface area (Å²) in [4.78, 5) is 13.2. The van der Waals surface area contributed by atoms with E-state index in [1.807, 2.05) is 31.2 Å². The molecule has 1 unspecified atom stereocenters. The number of aromatic carboxylic acids is 1. The molecule has 3 rings (SSSR count). The van der Waals surface area contributed by atoms with E-state index < -0.39 is 5.97 Å². The number of benzene rings is 1.